The fraction of sp³-hybridized carbons (Fsp3) is 0.200. The normalized spacial score (nSPS) is 12.6. The van der Waals surface area contributed by atoms with E-state index in [9.17, 15) is 14.7 Å². The van der Waals surface area contributed by atoms with Crippen LogP contribution in [0.3, 0.4) is 0 Å². The average molecular weight is 221 g/mol. The Hall–Kier alpha value is -2.08. The predicted octanol–water partition coefficient (Wildman–Crippen LogP) is -0.0928. The van der Waals surface area contributed by atoms with Gasteiger partial charge in [0.05, 0.1) is 11.8 Å². The smallest absolute Gasteiger partial charge is 0.348 e. The molecular weight excluding hydrogens is 210 g/mol. The summed E-state index contributed by atoms with van der Waals surface area (Å²) in [5.41, 5.74) is -0.212. The van der Waals surface area contributed by atoms with E-state index >= 15 is 0 Å². The number of aliphatic hydroxyl groups excluding tert-OH is 1. The molecule has 2 rings (SSSR count). The van der Waals surface area contributed by atoms with Crippen LogP contribution in [-0.2, 0) is 0 Å². The van der Waals surface area contributed by atoms with Gasteiger partial charge in [0.2, 0.25) is 0 Å². The topological polar surface area (TPSA) is 90.9 Å². The van der Waals surface area contributed by atoms with Crippen LogP contribution in [0.15, 0.2) is 33.9 Å². The van der Waals surface area contributed by atoms with Gasteiger partial charge in [0.1, 0.15) is 0 Å². The number of benzene rings is 1. The van der Waals surface area contributed by atoms with Crippen molar-refractivity contribution in [3.63, 3.8) is 0 Å². The van der Waals surface area contributed by atoms with Crippen molar-refractivity contribution < 1.29 is 5.11 Å². The highest BCUT2D eigenvalue weighted by molar-refractivity contribution is 5.41. The van der Waals surface area contributed by atoms with E-state index in [0.717, 1.165) is 4.57 Å². The van der Waals surface area contributed by atoms with Gasteiger partial charge in [-0.05, 0) is 13.0 Å². The summed E-state index contributed by atoms with van der Waals surface area (Å²) in [5.74, 6) is 0. The SMILES string of the molecule is CC(O)c1ccccc1-n1c(=O)[nH][nH]c1=O. The molecule has 6 nitrogen and oxygen atoms in total. The van der Waals surface area contributed by atoms with E-state index in [4.69, 9.17) is 0 Å². The van der Waals surface area contributed by atoms with E-state index in [1.165, 1.54) is 0 Å². The lowest BCUT2D eigenvalue weighted by atomic mass is 10.1. The largest absolute Gasteiger partial charge is 0.389 e. The zero-order valence-electron chi connectivity index (χ0n) is 8.60. The van der Waals surface area contributed by atoms with E-state index in [1.807, 2.05) is 0 Å². The molecule has 0 amide bonds. The summed E-state index contributed by atoms with van der Waals surface area (Å²) in [6.07, 6.45) is -0.752. The third kappa shape index (κ3) is 1.59. The Bertz CT molecular complexity index is 579. The Morgan fingerprint density at radius 2 is 1.75 bits per heavy atom. The van der Waals surface area contributed by atoms with Crippen molar-refractivity contribution in [1.82, 2.24) is 14.8 Å². The fourth-order valence-electron chi connectivity index (χ4n) is 1.57. The summed E-state index contributed by atoms with van der Waals surface area (Å²) in [4.78, 5) is 22.8. The number of hydrogen-bond donors (Lipinski definition) is 3. The van der Waals surface area contributed by atoms with Crippen molar-refractivity contribution in [3.05, 3.63) is 50.8 Å². The van der Waals surface area contributed by atoms with Crippen molar-refractivity contribution >= 4 is 0 Å². The number of aromatic nitrogens is 3. The molecule has 0 aliphatic carbocycles. The molecule has 1 aromatic heterocycles. The fourth-order valence-corrected chi connectivity index (χ4v) is 1.57. The molecule has 0 aliphatic heterocycles. The van der Waals surface area contributed by atoms with Gasteiger partial charge in [-0.1, -0.05) is 18.2 Å². The summed E-state index contributed by atoms with van der Waals surface area (Å²) in [6, 6.07) is 6.70. The zero-order chi connectivity index (χ0) is 11.7. The molecule has 1 atom stereocenters. The molecule has 0 saturated carbocycles. The van der Waals surface area contributed by atoms with E-state index < -0.39 is 17.5 Å². The quantitative estimate of drug-likeness (QED) is 0.661. The monoisotopic (exact) mass is 221 g/mol. The van der Waals surface area contributed by atoms with E-state index in [0.29, 0.717) is 11.3 Å². The number of para-hydroxylation sites is 1. The van der Waals surface area contributed by atoms with Gasteiger partial charge in [0, 0.05) is 5.56 Å². The molecule has 3 N–H and O–H groups in total. The number of hydrogen-bond acceptors (Lipinski definition) is 3. The number of aromatic amines is 2. The standard InChI is InChI=1S/C10H11N3O3/c1-6(14)7-4-2-3-5-8(7)13-9(15)11-12-10(13)16/h2-6,14H,1H3,(H,11,15)(H,12,16). The second-order valence-electron chi connectivity index (χ2n) is 3.43. The maximum absolute atomic E-state index is 11.4. The Kier molecular flexibility index (Phi) is 2.49. The zero-order valence-corrected chi connectivity index (χ0v) is 8.60. The summed E-state index contributed by atoms with van der Waals surface area (Å²) >= 11 is 0. The van der Waals surface area contributed by atoms with E-state index in [-0.39, 0.29) is 0 Å². The first-order chi connectivity index (χ1) is 7.61. The van der Waals surface area contributed by atoms with Crippen molar-refractivity contribution in [2.75, 3.05) is 0 Å². The van der Waals surface area contributed by atoms with Crippen LogP contribution in [0.2, 0.25) is 0 Å². The molecule has 6 heteroatoms. The predicted molar refractivity (Wildman–Crippen MR) is 57.6 cm³/mol. The van der Waals surface area contributed by atoms with Gasteiger partial charge in [0.25, 0.3) is 0 Å². The molecule has 0 fully saturated rings. The second-order valence-corrected chi connectivity index (χ2v) is 3.43. The third-order valence-corrected chi connectivity index (χ3v) is 2.31. The van der Waals surface area contributed by atoms with Crippen molar-refractivity contribution in [2.24, 2.45) is 0 Å². The van der Waals surface area contributed by atoms with Crippen LogP contribution in [0.5, 0.6) is 0 Å². The molecule has 2 aromatic rings. The van der Waals surface area contributed by atoms with Crippen molar-refractivity contribution in [2.45, 2.75) is 13.0 Å². The Labute approximate surface area is 90.2 Å². The molecule has 0 spiro atoms. The molecule has 16 heavy (non-hydrogen) atoms. The highest BCUT2D eigenvalue weighted by Crippen LogP contribution is 2.18. The van der Waals surface area contributed by atoms with Crippen LogP contribution in [0, 0.1) is 0 Å². The summed E-state index contributed by atoms with van der Waals surface area (Å²) in [6.45, 7) is 1.57. The van der Waals surface area contributed by atoms with Crippen LogP contribution >= 0.6 is 0 Å². The average Bonchev–Trinajstić information content (AvgIpc) is 2.58. The number of nitrogens with one attached hydrogen (secondary N) is 2. The highest BCUT2D eigenvalue weighted by atomic mass is 16.3. The highest BCUT2D eigenvalue weighted by Gasteiger charge is 2.12. The first-order valence-corrected chi connectivity index (χ1v) is 4.78. The molecule has 0 aliphatic rings. The van der Waals surface area contributed by atoms with Crippen LogP contribution in [0.1, 0.15) is 18.6 Å². The third-order valence-electron chi connectivity index (χ3n) is 2.31. The molecule has 84 valence electrons. The number of rotatable bonds is 2. The van der Waals surface area contributed by atoms with Crippen LogP contribution in [0.4, 0.5) is 0 Å². The molecule has 0 saturated heterocycles. The lowest BCUT2D eigenvalue weighted by Crippen LogP contribution is -2.25. The van der Waals surface area contributed by atoms with Gasteiger partial charge >= 0.3 is 11.4 Å². The lowest BCUT2D eigenvalue weighted by molar-refractivity contribution is 0.199. The maximum atomic E-state index is 11.4. The first kappa shape index (κ1) is 10.4. The minimum absolute atomic E-state index is 0.380. The molecule has 0 bridgehead atoms. The molecule has 0 radical (unpaired) electrons. The summed E-state index contributed by atoms with van der Waals surface area (Å²) in [5, 5.41) is 13.9. The van der Waals surface area contributed by atoms with Crippen LogP contribution in [-0.4, -0.2) is 19.9 Å². The van der Waals surface area contributed by atoms with Crippen LogP contribution in [0.25, 0.3) is 5.69 Å². The van der Waals surface area contributed by atoms with Gasteiger partial charge in [-0.15, -0.1) is 0 Å². The lowest BCUT2D eigenvalue weighted by Gasteiger charge is -2.10. The van der Waals surface area contributed by atoms with Crippen molar-refractivity contribution in [1.29, 1.82) is 0 Å². The van der Waals surface area contributed by atoms with Crippen molar-refractivity contribution in [3.8, 4) is 5.69 Å². The second kappa shape index (κ2) is 3.82. The molecule has 1 heterocycles. The Morgan fingerprint density at radius 1 is 1.19 bits per heavy atom. The maximum Gasteiger partial charge on any atom is 0.348 e. The van der Waals surface area contributed by atoms with Gasteiger partial charge in [-0.3, -0.25) is 0 Å². The molecular formula is C10H11N3O3. The first-order valence-electron chi connectivity index (χ1n) is 4.78. The Balaban J connectivity index is 2.74. The summed E-state index contributed by atoms with van der Waals surface area (Å²) in [7, 11) is 0. The minimum atomic E-state index is -0.752. The van der Waals surface area contributed by atoms with Gasteiger partial charge in [-0.25, -0.2) is 24.4 Å². The van der Waals surface area contributed by atoms with E-state index in [1.54, 1.807) is 31.2 Å². The molecule has 1 unspecified atom stereocenters. The molecule has 1 aromatic carbocycles. The number of nitrogens with zero attached hydrogens (tertiary/aromatic N) is 1. The van der Waals surface area contributed by atoms with Gasteiger partial charge < -0.3 is 5.11 Å². The minimum Gasteiger partial charge on any atom is -0.389 e. The van der Waals surface area contributed by atoms with Gasteiger partial charge in [-0.2, -0.15) is 0 Å². The number of H-pyrrole nitrogens is 2. The number of aliphatic hydroxyl groups is 1. The van der Waals surface area contributed by atoms with E-state index in [2.05, 4.69) is 10.2 Å². The van der Waals surface area contributed by atoms with Crippen LogP contribution < -0.4 is 11.4 Å². The van der Waals surface area contributed by atoms with Gasteiger partial charge in [0.15, 0.2) is 0 Å². The summed E-state index contributed by atoms with van der Waals surface area (Å²) < 4.78 is 0.946. The Morgan fingerprint density at radius 3 is 2.31 bits per heavy atom.